The fraction of sp³-hybridized carbons (Fsp3) is 0.286. The van der Waals surface area contributed by atoms with Gasteiger partial charge in [-0.25, -0.2) is 4.98 Å². The third kappa shape index (κ3) is 4.30. The Hall–Kier alpha value is -4.22. The van der Waals surface area contributed by atoms with E-state index in [0.717, 1.165) is 27.9 Å². The maximum absolute atomic E-state index is 12.1. The summed E-state index contributed by atoms with van der Waals surface area (Å²) in [7, 11) is 5.53. The first-order chi connectivity index (χ1) is 17.5. The number of amides is 1. The quantitative estimate of drug-likeness (QED) is 0.437. The summed E-state index contributed by atoms with van der Waals surface area (Å²) in [4.78, 5) is 25.5. The zero-order chi connectivity index (χ0) is 25.2. The summed E-state index contributed by atoms with van der Waals surface area (Å²) in [6.07, 6.45) is 6.71. The number of likely N-dealkylation sites (tertiary alicyclic amines) is 1. The van der Waals surface area contributed by atoms with Crippen molar-refractivity contribution < 1.29 is 9.53 Å². The van der Waals surface area contributed by atoms with Gasteiger partial charge in [-0.3, -0.25) is 9.20 Å². The molecule has 0 bridgehead atoms. The molecule has 0 atom stereocenters. The highest BCUT2D eigenvalue weighted by Crippen LogP contribution is 2.39. The van der Waals surface area contributed by atoms with E-state index in [4.69, 9.17) is 15.0 Å². The Morgan fingerprint density at radius 3 is 2.39 bits per heavy atom. The molecule has 0 unspecified atom stereocenters. The first kappa shape index (κ1) is 23.5. The number of anilines is 1. The summed E-state index contributed by atoms with van der Waals surface area (Å²) in [5.74, 6) is 0.0771. The number of nitrogens with zero attached hydrogens (tertiary/aromatic N) is 6. The molecule has 4 heterocycles. The molecule has 8 nitrogen and oxygen atoms in total. The van der Waals surface area contributed by atoms with Crippen LogP contribution in [0.1, 0.15) is 24.0 Å². The minimum atomic E-state index is 0.0771. The molecule has 4 aromatic rings. The number of hydrogen-bond donors (Lipinski definition) is 0. The minimum Gasteiger partial charge on any atom is -0.468 e. The number of carbonyl (C=O) groups excluding carboxylic acids is 1. The van der Waals surface area contributed by atoms with E-state index in [-0.39, 0.29) is 5.91 Å². The van der Waals surface area contributed by atoms with Gasteiger partial charge in [0.05, 0.1) is 36.4 Å². The van der Waals surface area contributed by atoms with Gasteiger partial charge >= 0.3 is 6.01 Å². The van der Waals surface area contributed by atoms with Gasteiger partial charge in [-0.15, -0.1) is 0 Å². The second kappa shape index (κ2) is 9.80. The van der Waals surface area contributed by atoms with E-state index in [1.165, 1.54) is 25.9 Å². The number of likely N-dealkylation sites (N-methyl/N-ethyl adjacent to an activating group) is 1. The van der Waals surface area contributed by atoms with Crippen LogP contribution in [0.3, 0.4) is 0 Å². The Bertz CT molecular complexity index is 1460. The standard InChI is InChI=1S/C23H17N5O2.C5H11N/c1-27-18-8-7-16(11-17(18)12-19(27)29)20-21(15-5-3-14(13-24)4-6-15)26-23(30-2)28-10-9-25-22(20)28;1-6-4-2-3-5-6/h3-11H,12H2,1-2H3;2-5H2,1H3. The van der Waals surface area contributed by atoms with Crippen molar-refractivity contribution in [3.8, 4) is 34.5 Å². The van der Waals surface area contributed by atoms with Crippen molar-refractivity contribution >= 4 is 17.2 Å². The summed E-state index contributed by atoms with van der Waals surface area (Å²) in [6.45, 7) is 2.64. The molecule has 182 valence electrons. The second-order valence-corrected chi connectivity index (χ2v) is 9.12. The average molecular weight is 481 g/mol. The predicted octanol–water partition coefficient (Wildman–Crippen LogP) is 4.17. The summed E-state index contributed by atoms with van der Waals surface area (Å²) >= 11 is 0. The van der Waals surface area contributed by atoms with Gasteiger partial charge in [-0.2, -0.15) is 10.2 Å². The van der Waals surface area contributed by atoms with Gasteiger partial charge in [-0.1, -0.05) is 18.2 Å². The van der Waals surface area contributed by atoms with E-state index in [1.54, 1.807) is 48.0 Å². The molecule has 8 heteroatoms. The smallest absolute Gasteiger partial charge is 0.302 e. The van der Waals surface area contributed by atoms with Crippen LogP contribution in [0, 0.1) is 11.3 Å². The van der Waals surface area contributed by atoms with Crippen LogP contribution in [0.5, 0.6) is 6.01 Å². The van der Waals surface area contributed by atoms with Crippen LogP contribution >= 0.6 is 0 Å². The average Bonchev–Trinajstić information content (AvgIpc) is 3.65. The van der Waals surface area contributed by atoms with Gasteiger partial charge < -0.3 is 14.5 Å². The largest absolute Gasteiger partial charge is 0.468 e. The number of rotatable bonds is 3. The van der Waals surface area contributed by atoms with Crippen LogP contribution in [0.25, 0.3) is 28.0 Å². The van der Waals surface area contributed by atoms with Crippen LogP contribution in [0.2, 0.25) is 0 Å². The molecule has 1 amide bonds. The lowest BCUT2D eigenvalue weighted by Crippen LogP contribution is -2.20. The van der Waals surface area contributed by atoms with E-state index < -0.39 is 0 Å². The topological polar surface area (TPSA) is 86.8 Å². The second-order valence-electron chi connectivity index (χ2n) is 9.12. The lowest BCUT2D eigenvalue weighted by atomic mass is 9.97. The number of fused-ring (bicyclic) bond motifs is 2. The first-order valence-corrected chi connectivity index (χ1v) is 12.0. The maximum atomic E-state index is 12.1. The van der Waals surface area contributed by atoms with E-state index in [1.807, 2.05) is 30.3 Å². The zero-order valence-corrected chi connectivity index (χ0v) is 20.7. The number of ether oxygens (including phenoxy) is 1. The molecule has 0 radical (unpaired) electrons. The first-order valence-electron chi connectivity index (χ1n) is 12.0. The van der Waals surface area contributed by atoms with Crippen molar-refractivity contribution in [2.75, 3.05) is 39.2 Å². The van der Waals surface area contributed by atoms with Crippen LogP contribution in [0.4, 0.5) is 5.69 Å². The van der Waals surface area contributed by atoms with Gasteiger partial charge in [0, 0.05) is 30.7 Å². The highest BCUT2D eigenvalue weighted by atomic mass is 16.5. The van der Waals surface area contributed by atoms with Crippen molar-refractivity contribution in [2.45, 2.75) is 19.3 Å². The van der Waals surface area contributed by atoms with Crippen LogP contribution in [0.15, 0.2) is 54.9 Å². The summed E-state index contributed by atoms with van der Waals surface area (Å²) in [5, 5.41) is 9.13. The van der Waals surface area contributed by atoms with Crippen molar-refractivity contribution in [1.29, 1.82) is 5.26 Å². The highest BCUT2D eigenvalue weighted by Gasteiger charge is 2.26. The molecule has 2 aliphatic heterocycles. The number of nitriles is 1. The van der Waals surface area contributed by atoms with Crippen LogP contribution < -0.4 is 9.64 Å². The fourth-order valence-electron chi connectivity index (χ4n) is 4.78. The molecule has 6 rings (SSSR count). The van der Waals surface area contributed by atoms with Crippen LogP contribution in [-0.2, 0) is 11.2 Å². The Kier molecular flexibility index (Phi) is 6.40. The van der Waals surface area contributed by atoms with Crippen molar-refractivity contribution in [3.05, 3.63) is 66.0 Å². The SMILES string of the molecule is CN1CCCC1.COc1nc(-c2ccc(C#N)cc2)c(-c2ccc3c(c2)CC(=O)N3C)c2nccn12. The Balaban J connectivity index is 0.000000391. The number of aromatic nitrogens is 3. The van der Waals surface area contributed by atoms with Gasteiger partial charge in [0.15, 0.2) is 5.65 Å². The molecule has 0 aliphatic carbocycles. The summed E-state index contributed by atoms with van der Waals surface area (Å²) in [5.41, 5.74) is 6.50. The van der Waals surface area contributed by atoms with E-state index in [9.17, 15) is 4.79 Å². The minimum absolute atomic E-state index is 0.0771. The Morgan fingerprint density at radius 1 is 1.03 bits per heavy atom. The molecule has 0 N–H and O–H groups in total. The van der Waals surface area contributed by atoms with Gasteiger partial charge in [0.2, 0.25) is 5.91 Å². The molecule has 36 heavy (non-hydrogen) atoms. The lowest BCUT2D eigenvalue weighted by molar-refractivity contribution is -0.117. The van der Waals surface area contributed by atoms with E-state index >= 15 is 0 Å². The summed E-state index contributed by atoms with van der Waals surface area (Å²) < 4.78 is 7.29. The maximum Gasteiger partial charge on any atom is 0.302 e. The molecular formula is C28H28N6O2. The number of hydrogen-bond acceptors (Lipinski definition) is 6. The van der Waals surface area contributed by atoms with Gasteiger partial charge in [-0.05, 0) is 68.4 Å². The molecule has 2 aromatic heterocycles. The van der Waals surface area contributed by atoms with Gasteiger partial charge in [0.25, 0.3) is 0 Å². The lowest BCUT2D eigenvalue weighted by Gasteiger charge is -2.15. The molecule has 1 fully saturated rings. The fourth-order valence-corrected chi connectivity index (χ4v) is 4.78. The van der Waals surface area contributed by atoms with Crippen molar-refractivity contribution in [3.63, 3.8) is 0 Å². The highest BCUT2D eigenvalue weighted by molar-refractivity contribution is 6.02. The molecular weight excluding hydrogens is 452 g/mol. The van der Waals surface area contributed by atoms with Gasteiger partial charge in [0.1, 0.15) is 0 Å². The predicted molar refractivity (Wildman–Crippen MR) is 139 cm³/mol. The normalized spacial score (nSPS) is 14.9. The third-order valence-corrected chi connectivity index (χ3v) is 6.76. The Morgan fingerprint density at radius 2 is 1.75 bits per heavy atom. The third-order valence-electron chi connectivity index (χ3n) is 6.76. The molecule has 0 spiro atoms. The molecule has 2 aliphatic rings. The van der Waals surface area contributed by atoms with Crippen LogP contribution in [-0.4, -0.2) is 59.5 Å². The number of benzene rings is 2. The molecule has 0 saturated carbocycles. The molecule has 1 saturated heterocycles. The monoisotopic (exact) mass is 480 g/mol. The molecule has 2 aromatic carbocycles. The van der Waals surface area contributed by atoms with E-state index in [2.05, 4.69) is 23.0 Å². The van der Waals surface area contributed by atoms with Crippen molar-refractivity contribution in [1.82, 2.24) is 19.3 Å². The zero-order valence-electron chi connectivity index (χ0n) is 20.7. The van der Waals surface area contributed by atoms with E-state index in [0.29, 0.717) is 29.3 Å². The number of methoxy groups -OCH3 is 1. The number of imidazole rings is 1. The Labute approximate surface area is 210 Å². The van der Waals surface area contributed by atoms with Crippen molar-refractivity contribution in [2.24, 2.45) is 0 Å². The number of carbonyl (C=O) groups is 1. The summed E-state index contributed by atoms with van der Waals surface area (Å²) in [6, 6.07) is 15.8.